The molecule has 0 radical (unpaired) electrons. The number of H-pyrrole nitrogens is 1. The molecule has 0 bridgehead atoms. The molecule has 1 heterocycles. The summed E-state index contributed by atoms with van der Waals surface area (Å²) in [5, 5.41) is 10.9. The number of thioether (sulfide) groups is 1. The molecule has 10 nitrogen and oxygen atoms in total. The van der Waals surface area contributed by atoms with Crippen molar-refractivity contribution in [2.45, 2.75) is 5.16 Å². The van der Waals surface area contributed by atoms with E-state index in [4.69, 9.17) is 0 Å². The van der Waals surface area contributed by atoms with Gasteiger partial charge in [0.2, 0.25) is 5.91 Å². The Labute approximate surface area is 138 Å². The molecule has 0 spiro atoms. The summed E-state index contributed by atoms with van der Waals surface area (Å²) in [5.41, 5.74) is 3.77. The molecule has 2 rings (SSSR count). The number of non-ortho nitro benzene ring substituents is 1. The van der Waals surface area contributed by atoms with E-state index in [1.54, 1.807) is 0 Å². The smallest absolute Gasteiger partial charge is 0.270 e. The van der Waals surface area contributed by atoms with Crippen LogP contribution in [0, 0.1) is 10.1 Å². The van der Waals surface area contributed by atoms with Crippen LogP contribution in [0.4, 0.5) is 5.69 Å². The van der Waals surface area contributed by atoms with E-state index < -0.39 is 16.7 Å². The molecule has 24 heavy (non-hydrogen) atoms. The summed E-state index contributed by atoms with van der Waals surface area (Å²) >= 11 is 0.977. The molecule has 0 aliphatic rings. The number of benzene rings is 1. The van der Waals surface area contributed by atoms with Crippen LogP contribution >= 0.6 is 11.8 Å². The maximum Gasteiger partial charge on any atom is 0.270 e. The highest BCUT2D eigenvalue weighted by molar-refractivity contribution is 7.99. The second kappa shape index (κ2) is 7.87. The van der Waals surface area contributed by atoms with Crippen molar-refractivity contribution in [2.75, 3.05) is 5.75 Å². The first-order valence-corrected chi connectivity index (χ1v) is 7.46. The molecule has 3 N–H and O–H groups in total. The first-order chi connectivity index (χ1) is 11.5. The lowest BCUT2D eigenvalue weighted by Crippen LogP contribution is -2.42. The molecule has 0 aliphatic carbocycles. The average Bonchev–Trinajstić information content (AvgIpc) is 2.58. The molecule has 0 saturated heterocycles. The second-order valence-electron chi connectivity index (χ2n) is 4.34. The quantitative estimate of drug-likeness (QED) is 0.303. The molecule has 0 atom stereocenters. The SMILES string of the molecule is O=C(CSc1nccc(=O)[nH]1)NNC(=O)c1cccc([N+](=O)[O-])c1. The number of nitro benzene ring substituents is 1. The van der Waals surface area contributed by atoms with Crippen molar-refractivity contribution < 1.29 is 14.5 Å². The molecule has 1 aromatic carbocycles. The zero-order valence-corrected chi connectivity index (χ0v) is 12.8. The molecule has 0 unspecified atom stereocenters. The van der Waals surface area contributed by atoms with Crippen molar-refractivity contribution in [1.82, 2.24) is 20.8 Å². The molecule has 124 valence electrons. The van der Waals surface area contributed by atoms with Crippen molar-refractivity contribution in [2.24, 2.45) is 0 Å². The summed E-state index contributed by atoms with van der Waals surface area (Å²) in [6.45, 7) is 0. The van der Waals surface area contributed by atoms with Crippen LogP contribution in [0.5, 0.6) is 0 Å². The minimum absolute atomic E-state index is 0.0335. The average molecular weight is 349 g/mol. The number of aromatic nitrogens is 2. The van der Waals surface area contributed by atoms with E-state index in [1.165, 1.54) is 30.5 Å². The van der Waals surface area contributed by atoms with Crippen LogP contribution < -0.4 is 16.4 Å². The number of nitrogens with zero attached hydrogens (tertiary/aromatic N) is 2. The minimum atomic E-state index is -0.691. The maximum absolute atomic E-state index is 11.8. The Morgan fingerprint density at radius 1 is 1.29 bits per heavy atom. The van der Waals surface area contributed by atoms with Gasteiger partial charge in [0, 0.05) is 30.0 Å². The van der Waals surface area contributed by atoms with E-state index >= 15 is 0 Å². The Hall–Kier alpha value is -3.21. The fourth-order valence-corrected chi connectivity index (χ4v) is 2.20. The van der Waals surface area contributed by atoms with Gasteiger partial charge in [-0.2, -0.15) is 0 Å². The first kappa shape index (κ1) is 17.1. The number of aromatic amines is 1. The summed E-state index contributed by atoms with van der Waals surface area (Å²) in [6, 6.07) is 6.32. The minimum Gasteiger partial charge on any atom is -0.301 e. The van der Waals surface area contributed by atoms with Gasteiger partial charge >= 0.3 is 0 Å². The highest BCUT2D eigenvalue weighted by atomic mass is 32.2. The molecular formula is C13H11N5O5S. The summed E-state index contributed by atoms with van der Waals surface area (Å²) in [7, 11) is 0. The zero-order valence-electron chi connectivity index (χ0n) is 12.0. The van der Waals surface area contributed by atoms with Crippen molar-refractivity contribution in [1.29, 1.82) is 0 Å². The van der Waals surface area contributed by atoms with E-state index in [-0.39, 0.29) is 27.7 Å². The summed E-state index contributed by atoms with van der Waals surface area (Å²) in [5.74, 6) is -1.32. The monoisotopic (exact) mass is 349 g/mol. The Balaban J connectivity index is 1.85. The number of amides is 2. The highest BCUT2D eigenvalue weighted by Crippen LogP contribution is 2.12. The third-order valence-electron chi connectivity index (χ3n) is 2.62. The van der Waals surface area contributed by atoms with Crippen LogP contribution in [-0.2, 0) is 4.79 Å². The van der Waals surface area contributed by atoms with Gasteiger partial charge < -0.3 is 4.98 Å². The summed E-state index contributed by atoms with van der Waals surface area (Å²) < 4.78 is 0. The fourth-order valence-electron chi connectivity index (χ4n) is 1.55. The van der Waals surface area contributed by atoms with Crippen LogP contribution in [0.2, 0.25) is 0 Å². The summed E-state index contributed by atoms with van der Waals surface area (Å²) in [6.07, 6.45) is 1.31. The Kier molecular flexibility index (Phi) is 5.63. The topological polar surface area (TPSA) is 147 Å². The molecular weight excluding hydrogens is 338 g/mol. The molecule has 0 aliphatic heterocycles. The number of nitrogens with one attached hydrogen (secondary N) is 3. The lowest BCUT2D eigenvalue weighted by Gasteiger charge is -2.07. The number of rotatable bonds is 5. The number of nitro groups is 1. The predicted molar refractivity (Wildman–Crippen MR) is 84.3 cm³/mol. The first-order valence-electron chi connectivity index (χ1n) is 6.47. The Morgan fingerprint density at radius 3 is 2.79 bits per heavy atom. The van der Waals surface area contributed by atoms with Crippen molar-refractivity contribution >= 4 is 29.3 Å². The lowest BCUT2D eigenvalue weighted by atomic mass is 10.2. The molecule has 0 saturated carbocycles. The number of hydrogen-bond donors (Lipinski definition) is 3. The van der Waals surface area contributed by atoms with Gasteiger partial charge in [-0.05, 0) is 6.07 Å². The molecule has 2 amide bonds. The normalized spacial score (nSPS) is 10.0. The third kappa shape index (κ3) is 4.91. The van der Waals surface area contributed by atoms with E-state index in [9.17, 15) is 24.5 Å². The van der Waals surface area contributed by atoms with Gasteiger partial charge in [0.05, 0.1) is 10.7 Å². The maximum atomic E-state index is 11.8. The largest absolute Gasteiger partial charge is 0.301 e. The van der Waals surface area contributed by atoms with E-state index in [1.807, 2.05) is 0 Å². The van der Waals surface area contributed by atoms with Gasteiger partial charge in [-0.15, -0.1) is 0 Å². The van der Waals surface area contributed by atoms with Gasteiger partial charge in [-0.3, -0.25) is 35.3 Å². The van der Waals surface area contributed by atoms with Crippen molar-refractivity contribution in [3.63, 3.8) is 0 Å². The van der Waals surface area contributed by atoms with Gasteiger partial charge in [0.15, 0.2) is 5.16 Å². The van der Waals surface area contributed by atoms with Gasteiger partial charge in [-0.25, -0.2) is 4.98 Å². The highest BCUT2D eigenvalue weighted by Gasteiger charge is 2.12. The Bertz CT molecular complexity index is 837. The number of hydrogen-bond acceptors (Lipinski definition) is 7. The van der Waals surface area contributed by atoms with Crippen LogP contribution in [-0.4, -0.2) is 32.5 Å². The summed E-state index contributed by atoms with van der Waals surface area (Å²) in [4.78, 5) is 50.9. The Morgan fingerprint density at radius 2 is 2.08 bits per heavy atom. The number of carbonyl (C=O) groups excluding carboxylic acids is 2. The van der Waals surface area contributed by atoms with Crippen LogP contribution in [0.15, 0.2) is 46.5 Å². The van der Waals surface area contributed by atoms with E-state index in [0.29, 0.717) is 0 Å². The fraction of sp³-hybridized carbons (Fsp3) is 0.0769. The van der Waals surface area contributed by atoms with Gasteiger partial charge in [0.1, 0.15) is 0 Å². The lowest BCUT2D eigenvalue weighted by molar-refractivity contribution is -0.384. The molecule has 0 fully saturated rings. The van der Waals surface area contributed by atoms with Crippen molar-refractivity contribution in [3.8, 4) is 0 Å². The van der Waals surface area contributed by atoms with Gasteiger partial charge in [0.25, 0.3) is 17.2 Å². The van der Waals surface area contributed by atoms with Crippen LogP contribution in [0.25, 0.3) is 0 Å². The van der Waals surface area contributed by atoms with Crippen LogP contribution in [0.1, 0.15) is 10.4 Å². The predicted octanol–water partition coefficient (Wildman–Crippen LogP) is 0.231. The third-order valence-corrected chi connectivity index (χ3v) is 3.51. The zero-order chi connectivity index (χ0) is 17.5. The van der Waals surface area contributed by atoms with Crippen LogP contribution in [0.3, 0.4) is 0 Å². The number of hydrazine groups is 1. The van der Waals surface area contributed by atoms with E-state index in [0.717, 1.165) is 17.8 Å². The van der Waals surface area contributed by atoms with Gasteiger partial charge in [-0.1, -0.05) is 17.8 Å². The molecule has 1 aromatic heterocycles. The van der Waals surface area contributed by atoms with E-state index in [2.05, 4.69) is 20.8 Å². The number of carbonyl (C=O) groups is 2. The standard InChI is InChI=1S/C13H11N5O5S/c19-10-4-5-14-13(15-10)24-7-11(20)16-17-12(21)8-2-1-3-9(6-8)18(22)23/h1-6H,7H2,(H,16,20)(H,17,21)(H,14,15,19). The van der Waals surface area contributed by atoms with Crippen molar-refractivity contribution in [3.05, 3.63) is 62.6 Å². The molecule has 2 aromatic rings. The molecule has 11 heteroatoms. The second-order valence-corrected chi connectivity index (χ2v) is 5.30.